The maximum Gasteiger partial charge on any atom is 0.0827 e. The van der Waals surface area contributed by atoms with Gasteiger partial charge in [-0.1, -0.05) is 37.3 Å². The maximum atomic E-state index is 9.75. The average molecular weight is 278 g/mol. The molecule has 1 aliphatic rings. The molecule has 0 radical (unpaired) electrons. The van der Waals surface area contributed by atoms with Crippen LogP contribution in [0.4, 0.5) is 0 Å². The first-order valence-corrected chi connectivity index (χ1v) is 7.43. The Morgan fingerprint density at radius 2 is 2.15 bits per heavy atom. The van der Waals surface area contributed by atoms with Crippen LogP contribution in [0.25, 0.3) is 0 Å². The van der Waals surface area contributed by atoms with Crippen LogP contribution < -0.4 is 5.32 Å². The Labute approximate surface area is 121 Å². The zero-order chi connectivity index (χ0) is 14.4. The first-order valence-electron chi connectivity index (χ1n) is 7.43. The minimum absolute atomic E-state index is 0.0707. The Bertz CT molecular complexity index is 399. The zero-order valence-electron chi connectivity index (χ0n) is 12.5. The van der Waals surface area contributed by atoms with Gasteiger partial charge in [-0.2, -0.15) is 0 Å². The molecule has 112 valence electrons. The van der Waals surface area contributed by atoms with E-state index in [0.717, 1.165) is 38.3 Å². The van der Waals surface area contributed by atoms with Gasteiger partial charge >= 0.3 is 0 Å². The molecule has 0 aromatic heterocycles. The predicted octanol–water partition coefficient (Wildman–Crippen LogP) is 1.20. The van der Waals surface area contributed by atoms with E-state index in [-0.39, 0.29) is 12.7 Å². The van der Waals surface area contributed by atoms with Crippen molar-refractivity contribution < 1.29 is 9.84 Å². The fourth-order valence-corrected chi connectivity index (χ4v) is 2.59. The maximum absolute atomic E-state index is 9.75. The quantitative estimate of drug-likeness (QED) is 0.821. The summed E-state index contributed by atoms with van der Waals surface area (Å²) in [7, 11) is 0. The molecule has 1 fully saturated rings. The van der Waals surface area contributed by atoms with Gasteiger partial charge in [0.25, 0.3) is 0 Å². The van der Waals surface area contributed by atoms with E-state index in [2.05, 4.69) is 17.1 Å². The Hall–Kier alpha value is -0.940. The lowest BCUT2D eigenvalue weighted by Crippen LogP contribution is -2.51. The van der Waals surface area contributed by atoms with Gasteiger partial charge in [0.1, 0.15) is 0 Å². The van der Waals surface area contributed by atoms with E-state index in [9.17, 15) is 5.11 Å². The molecule has 1 saturated heterocycles. The van der Waals surface area contributed by atoms with Gasteiger partial charge in [0, 0.05) is 19.6 Å². The number of morpholine rings is 1. The van der Waals surface area contributed by atoms with Crippen molar-refractivity contribution in [3.05, 3.63) is 35.9 Å². The van der Waals surface area contributed by atoms with Crippen molar-refractivity contribution in [2.45, 2.75) is 25.5 Å². The van der Waals surface area contributed by atoms with Crippen LogP contribution in [0.15, 0.2) is 30.3 Å². The second kappa shape index (κ2) is 7.18. The molecule has 1 aliphatic heterocycles. The van der Waals surface area contributed by atoms with Gasteiger partial charge in [0.05, 0.1) is 24.9 Å². The SMILES string of the molecule is CCN1CCOC(CNC(C)(CO)c2ccccc2)C1. The molecule has 4 nitrogen and oxygen atoms in total. The smallest absolute Gasteiger partial charge is 0.0827 e. The van der Waals surface area contributed by atoms with Crippen molar-refractivity contribution in [1.82, 2.24) is 10.2 Å². The molecule has 20 heavy (non-hydrogen) atoms. The third-order valence-corrected chi connectivity index (χ3v) is 4.12. The Morgan fingerprint density at radius 3 is 2.80 bits per heavy atom. The van der Waals surface area contributed by atoms with E-state index >= 15 is 0 Å². The second-order valence-corrected chi connectivity index (χ2v) is 5.62. The number of likely N-dealkylation sites (N-methyl/N-ethyl adjacent to an activating group) is 1. The fraction of sp³-hybridized carbons (Fsp3) is 0.625. The van der Waals surface area contributed by atoms with Gasteiger partial charge in [-0.15, -0.1) is 0 Å². The number of ether oxygens (including phenoxy) is 1. The summed E-state index contributed by atoms with van der Waals surface area (Å²) in [6, 6.07) is 10.1. The molecule has 2 rings (SSSR count). The molecule has 0 bridgehead atoms. The van der Waals surface area contributed by atoms with Crippen molar-refractivity contribution in [2.75, 3.05) is 39.4 Å². The molecule has 0 amide bonds. The van der Waals surface area contributed by atoms with E-state index in [1.54, 1.807) is 0 Å². The third-order valence-electron chi connectivity index (χ3n) is 4.12. The normalized spacial score (nSPS) is 23.4. The largest absolute Gasteiger partial charge is 0.394 e. The molecule has 4 heteroatoms. The van der Waals surface area contributed by atoms with Crippen LogP contribution in [-0.2, 0) is 10.3 Å². The summed E-state index contributed by atoms with van der Waals surface area (Å²) in [6.45, 7) is 8.87. The highest BCUT2D eigenvalue weighted by molar-refractivity contribution is 5.23. The number of nitrogens with one attached hydrogen (secondary N) is 1. The lowest BCUT2D eigenvalue weighted by Gasteiger charge is -2.36. The van der Waals surface area contributed by atoms with Crippen molar-refractivity contribution in [1.29, 1.82) is 0 Å². The van der Waals surface area contributed by atoms with E-state index in [4.69, 9.17) is 4.74 Å². The van der Waals surface area contributed by atoms with E-state index in [1.807, 2.05) is 37.3 Å². The molecule has 1 aromatic carbocycles. The van der Waals surface area contributed by atoms with Crippen LogP contribution in [0.1, 0.15) is 19.4 Å². The highest BCUT2D eigenvalue weighted by Gasteiger charge is 2.27. The molecule has 0 spiro atoms. The summed E-state index contributed by atoms with van der Waals surface area (Å²) in [6.07, 6.45) is 0.193. The highest BCUT2D eigenvalue weighted by atomic mass is 16.5. The number of hydrogen-bond donors (Lipinski definition) is 2. The Morgan fingerprint density at radius 1 is 1.40 bits per heavy atom. The molecule has 0 aliphatic carbocycles. The summed E-state index contributed by atoms with van der Waals surface area (Å²) < 4.78 is 5.80. The van der Waals surface area contributed by atoms with Crippen molar-refractivity contribution in [2.24, 2.45) is 0 Å². The van der Waals surface area contributed by atoms with Gasteiger partial charge in [-0.05, 0) is 19.0 Å². The summed E-state index contributed by atoms with van der Waals surface area (Å²) in [5.74, 6) is 0. The first-order chi connectivity index (χ1) is 9.68. The lowest BCUT2D eigenvalue weighted by atomic mass is 9.92. The number of hydrogen-bond acceptors (Lipinski definition) is 4. The van der Waals surface area contributed by atoms with Crippen LogP contribution >= 0.6 is 0 Å². The number of aliphatic hydroxyl groups is 1. The minimum Gasteiger partial charge on any atom is -0.394 e. The summed E-state index contributed by atoms with van der Waals surface area (Å²) in [4.78, 5) is 2.40. The number of benzene rings is 1. The van der Waals surface area contributed by atoms with Gasteiger partial charge in [-0.3, -0.25) is 4.90 Å². The lowest BCUT2D eigenvalue weighted by molar-refractivity contribution is -0.0299. The molecule has 1 aromatic rings. The fourth-order valence-electron chi connectivity index (χ4n) is 2.59. The molecule has 2 N–H and O–H groups in total. The molecule has 2 unspecified atom stereocenters. The van der Waals surface area contributed by atoms with E-state index in [0.29, 0.717) is 0 Å². The number of aliphatic hydroxyl groups excluding tert-OH is 1. The van der Waals surface area contributed by atoms with Gasteiger partial charge in [-0.25, -0.2) is 0 Å². The average Bonchev–Trinajstić information content (AvgIpc) is 2.53. The Kier molecular flexibility index (Phi) is 5.54. The standard InChI is InChI=1S/C16H26N2O2/c1-3-18-9-10-20-15(12-18)11-17-16(2,13-19)14-7-5-4-6-8-14/h4-8,15,17,19H,3,9-13H2,1-2H3. The summed E-state index contributed by atoms with van der Waals surface area (Å²) in [5.41, 5.74) is 0.685. The van der Waals surface area contributed by atoms with Crippen LogP contribution in [0.2, 0.25) is 0 Å². The minimum atomic E-state index is -0.418. The van der Waals surface area contributed by atoms with Crippen LogP contribution in [0, 0.1) is 0 Å². The molecule has 2 atom stereocenters. The predicted molar refractivity (Wildman–Crippen MR) is 80.7 cm³/mol. The highest BCUT2D eigenvalue weighted by Crippen LogP contribution is 2.20. The molecular weight excluding hydrogens is 252 g/mol. The monoisotopic (exact) mass is 278 g/mol. The van der Waals surface area contributed by atoms with Crippen LogP contribution in [-0.4, -0.2) is 55.5 Å². The number of nitrogens with zero attached hydrogens (tertiary/aromatic N) is 1. The van der Waals surface area contributed by atoms with Crippen LogP contribution in [0.5, 0.6) is 0 Å². The van der Waals surface area contributed by atoms with Crippen molar-refractivity contribution in [3.8, 4) is 0 Å². The first kappa shape index (κ1) is 15.4. The second-order valence-electron chi connectivity index (χ2n) is 5.62. The van der Waals surface area contributed by atoms with Crippen molar-refractivity contribution in [3.63, 3.8) is 0 Å². The van der Waals surface area contributed by atoms with E-state index in [1.165, 1.54) is 0 Å². The third kappa shape index (κ3) is 3.79. The Balaban J connectivity index is 1.93. The van der Waals surface area contributed by atoms with Crippen molar-refractivity contribution >= 4 is 0 Å². The molecule has 0 saturated carbocycles. The van der Waals surface area contributed by atoms with Gasteiger partial charge in [0.15, 0.2) is 0 Å². The summed E-state index contributed by atoms with van der Waals surface area (Å²) >= 11 is 0. The van der Waals surface area contributed by atoms with E-state index < -0.39 is 5.54 Å². The van der Waals surface area contributed by atoms with Crippen LogP contribution in [0.3, 0.4) is 0 Å². The number of rotatable bonds is 6. The molecule has 1 heterocycles. The molecular formula is C16H26N2O2. The summed E-state index contributed by atoms with van der Waals surface area (Å²) in [5, 5.41) is 13.2. The van der Waals surface area contributed by atoms with Gasteiger partial charge < -0.3 is 15.2 Å². The zero-order valence-corrected chi connectivity index (χ0v) is 12.5. The van der Waals surface area contributed by atoms with Gasteiger partial charge in [0.2, 0.25) is 0 Å². The topological polar surface area (TPSA) is 44.7 Å².